The minimum atomic E-state index is 0.333. The largest absolute Gasteiger partial charge is 0.474 e. The summed E-state index contributed by atoms with van der Waals surface area (Å²) in [6.07, 6.45) is 9.05. The lowest BCUT2D eigenvalue weighted by molar-refractivity contribution is 0.0855. The van der Waals surface area contributed by atoms with Crippen LogP contribution in [0.2, 0.25) is 0 Å². The Kier molecular flexibility index (Phi) is 4.61. The first-order chi connectivity index (χ1) is 10.3. The van der Waals surface area contributed by atoms with Crippen LogP contribution in [0.1, 0.15) is 70.5 Å². The van der Waals surface area contributed by atoms with Gasteiger partial charge >= 0.3 is 0 Å². The molecule has 2 aliphatic rings. The van der Waals surface area contributed by atoms with Gasteiger partial charge in [0.15, 0.2) is 0 Å². The maximum absolute atomic E-state index is 6.27. The van der Waals surface area contributed by atoms with Crippen LogP contribution in [0.25, 0.3) is 0 Å². The van der Waals surface area contributed by atoms with Crippen LogP contribution in [0.3, 0.4) is 0 Å². The van der Waals surface area contributed by atoms with Crippen molar-refractivity contribution in [1.29, 1.82) is 0 Å². The van der Waals surface area contributed by atoms with Crippen LogP contribution >= 0.6 is 0 Å². The normalized spacial score (nSPS) is 25.6. The molecular weight excluding hydrogens is 262 g/mol. The third kappa shape index (κ3) is 3.66. The summed E-state index contributed by atoms with van der Waals surface area (Å²) < 4.78 is 6.27. The quantitative estimate of drug-likeness (QED) is 0.855. The van der Waals surface area contributed by atoms with E-state index >= 15 is 0 Å². The van der Waals surface area contributed by atoms with E-state index in [0.29, 0.717) is 17.9 Å². The van der Waals surface area contributed by atoms with Gasteiger partial charge in [-0.3, -0.25) is 0 Å². The van der Waals surface area contributed by atoms with Crippen molar-refractivity contribution >= 4 is 5.82 Å². The lowest BCUT2D eigenvalue weighted by atomic mass is 9.85. The molecule has 3 rings (SSSR count). The lowest BCUT2D eigenvalue weighted by Crippen LogP contribution is -2.30. The molecule has 2 atom stereocenters. The van der Waals surface area contributed by atoms with E-state index in [2.05, 4.69) is 29.1 Å². The SMILES string of the molecule is CCNc1cc(OC2CCCCC2CC)nc(C2CC2)n1. The predicted octanol–water partition coefficient (Wildman–Crippen LogP) is 4.13. The summed E-state index contributed by atoms with van der Waals surface area (Å²) in [6.45, 7) is 5.24. The minimum Gasteiger partial charge on any atom is -0.474 e. The van der Waals surface area contributed by atoms with E-state index in [1.54, 1.807) is 0 Å². The third-order valence-corrected chi connectivity index (χ3v) is 4.66. The van der Waals surface area contributed by atoms with Crippen molar-refractivity contribution in [2.45, 2.75) is 70.8 Å². The molecule has 0 bridgehead atoms. The summed E-state index contributed by atoms with van der Waals surface area (Å²) in [5.74, 6) is 3.88. The van der Waals surface area contributed by atoms with E-state index in [4.69, 9.17) is 4.74 Å². The predicted molar refractivity (Wildman–Crippen MR) is 84.8 cm³/mol. The van der Waals surface area contributed by atoms with Crippen molar-refractivity contribution < 1.29 is 4.74 Å². The molecule has 2 fully saturated rings. The monoisotopic (exact) mass is 289 g/mol. The van der Waals surface area contributed by atoms with Crippen LogP contribution < -0.4 is 10.1 Å². The standard InChI is InChI=1S/C17H27N3O/c1-3-12-7-5-6-8-14(12)21-16-11-15(18-4-2)19-17(20-16)13-9-10-13/h11-14H,3-10H2,1-2H3,(H,18,19,20). The highest BCUT2D eigenvalue weighted by atomic mass is 16.5. The number of ether oxygens (including phenoxy) is 1. The molecule has 1 aromatic rings. The van der Waals surface area contributed by atoms with E-state index in [0.717, 1.165) is 30.5 Å². The Balaban J connectivity index is 1.76. The number of hydrogen-bond acceptors (Lipinski definition) is 4. The Labute approximate surface area is 127 Å². The van der Waals surface area contributed by atoms with Gasteiger partial charge in [0.25, 0.3) is 0 Å². The third-order valence-electron chi connectivity index (χ3n) is 4.66. The fourth-order valence-electron chi connectivity index (χ4n) is 3.25. The van der Waals surface area contributed by atoms with Gasteiger partial charge in [0.05, 0.1) is 0 Å². The van der Waals surface area contributed by atoms with Gasteiger partial charge in [0.2, 0.25) is 5.88 Å². The number of nitrogens with one attached hydrogen (secondary N) is 1. The first-order valence-electron chi connectivity index (χ1n) is 8.59. The molecule has 2 aliphatic carbocycles. The van der Waals surface area contributed by atoms with Crippen LogP contribution in [-0.2, 0) is 0 Å². The average Bonchev–Trinajstić information content (AvgIpc) is 3.32. The van der Waals surface area contributed by atoms with Crippen molar-refractivity contribution in [3.05, 3.63) is 11.9 Å². The van der Waals surface area contributed by atoms with E-state index in [9.17, 15) is 0 Å². The molecule has 0 saturated heterocycles. The van der Waals surface area contributed by atoms with E-state index in [-0.39, 0.29) is 0 Å². The maximum atomic E-state index is 6.27. The summed E-state index contributed by atoms with van der Waals surface area (Å²) in [7, 11) is 0. The summed E-state index contributed by atoms with van der Waals surface area (Å²) in [6, 6.07) is 1.97. The van der Waals surface area contributed by atoms with Gasteiger partial charge in [-0.1, -0.05) is 13.3 Å². The van der Waals surface area contributed by atoms with Crippen molar-refractivity contribution in [3.63, 3.8) is 0 Å². The molecule has 1 aromatic heterocycles. The van der Waals surface area contributed by atoms with Crippen molar-refractivity contribution in [2.24, 2.45) is 5.92 Å². The van der Waals surface area contributed by atoms with Crippen molar-refractivity contribution in [1.82, 2.24) is 9.97 Å². The summed E-state index contributed by atoms with van der Waals surface area (Å²) >= 11 is 0. The Morgan fingerprint density at radius 3 is 2.67 bits per heavy atom. The van der Waals surface area contributed by atoms with Crippen LogP contribution in [0.5, 0.6) is 5.88 Å². The highest BCUT2D eigenvalue weighted by Crippen LogP contribution is 2.39. The molecule has 4 heteroatoms. The number of nitrogens with zero attached hydrogens (tertiary/aromatic N) is 2. The van der Waals surface area contributed by atoms with Crippen LogP contribution in [0.15, 0.2) is 6.07 Å². The summed E-state index contributed by atoms with van der Waals surface area (Å²) in [5, 5.41) is 3.30. The molecular formula is C17H27N3O. The summed E-state index contributed by atoms with van der Waals surface area (Å²) in [5.41, 5.74) is 0. The molecule has 2 unspecified atom stereocenters. The topological polar surface area (TPSA) is 47.0 Å². The minimum absolute atomic E-state index is 0.333. The highest BCUT2D eigenvalue weighted by Gasteiger charge is 2.29. The smallest absolute Gasteiger partial charge is 0.219 e. The fraction of sp³-hybridized carbons (Fsp3) is 0.765. The van der Waals surface area contributed by atoms with Gasteiger partial charge in [0.1, 0.15) is 17.7 Å². The zero-order valence-corrected chi connectivity index (χ0v) is 13.3. The Hall–Kier alpha value is -1.32. The van der Waals surface area contributed by atoms with E-state index in [1.165, 1.54) is 38.5 Å². The van der Waals surface area contributed by atoms with Gasteiger partial charge in [-0.2, -0.15) is 4.98 Å². The molecule has 0 aliphatic heterocycles. The second-order valence-corrected chi connectivity index (χ2v) is 6.36. The molecule has 21 heavy (non-hydrogen) atoms. The number of aromatic nitrogens is 2. The molecule has 2 saturated carbocycles. The molecule has 0 aromatic carbocycles. The highest BCUT2D eigenvalue weighted by molar-refractivity contribution is 5.39. The molecule has 116 valence electrons. The van der Waals surface area contributed by atoms with Crippen molar-refractivity contribution in [3.8, 4) is 5.88 Å². The Morgan fingerprint density at radius 1 is 1.14 bits per heavy atom. The first-order valence-corrected chi connectivity index (χ1v) is 8.59. The van der Waals surface area contributed by atoms with Crippen LogP contribution in [0.4, 0.5) is 5.82 Å². The zero-order chi connectivity index (χ0) is 14.7. The van der Waals surface area contributed by atoms with Gasteiger partial charge in [0, 0.05) is 18.5 Å². The molecule has 4 nitrogen and oxygen atoms in total. The van der Waals surface area contributed by atoms with Gasteiger partial charge in [-0.25, -0.2) is 4.98 Å². The lowest BCUT2D eigenvalue weighted by Gasteiger charge is -2.30. The molecule has 1 N–H and O–H groups in total. The second-order valence-electron chi connectivity index (χ2n) is 6.36. The van der Waals surface area contributed by atoms with Crippen molar-refractivity contribution in [2.75, 3.05) is 11.9 Å². The van der Waals surface area contributed by atoms with Gasteiger partial charge in [-0.05, 0) is 51.4 Å². The number of anilines is 1. The summed E-state index contributed by atoms with van der Waals surface area (Å²) in [4.78, 5) is 9.28. The number of rotatable bonds is 6. The first kappa shape index (κ1) is 14.6. The fourth-order valence-corrected chi connectivity index (χ4v) is 3.25. The second kappa shape index (κ2) is 6.63. The van der Waals surface area contributed by atoms with Gasteiger partial charge < -0.3 is 10.1 Å². The van der Waals surface area contributed by atoms with E-state index < -0.39 is 0 Å². The van der Waals surface area contributed by atoms with Crippen LogP contribution in [-0.4, -0.2) is 22.6 Å². The van der Waals surface area contributed by atoms with Crippen LogP contribution in [0, 0.1) is 5.92 Å². The molecule has 0 radical (unpaired) electrons. The maximum Gasteiger partial charge on any atom is 0.219 e. The van der Waals surface area contributed by atoms with Gasteiger partial charge in [-0.15, -0.1) is 0 Å². The zero-order valence-electron chi connectivity index (χ0n) is 13.3. The molecule has 0 spiro atoms. The van der Waals surface area contributed by atoms with E-state index in [1.807, 2.05) is 6.07 Å². The average molecular weight is 289 g/mol. The Morgan fingerprint density at radius 2 is 1.95 bits per heavy atom. The number of hydrogen-bond donors (Lipinski definition) is 1. The Bertz CT molecular complexity index is 473. The molecule has 1 heterocycles. The molecule has 0 amide bonds.